The van der Waals surface area contributed by atoms with E-state index < -0.39 is 17.1 Å². The molecule has 0 saturated carbocycles. The van der Waals surface area contributed by atoms with Crippen LogP contribution in [0.15, 0.2) is 18.2 Å². The van der Waals surface area contributed by atoms with E-state index in [1.807, 2.05) is 11.8 Å². The van der Waals surface area contributed by atoms with Gasteiger partial charge in [0.05, 0.1) is 17.1 Å². The predicted molar refractivity (Wildman–Crippen MR) is 75.7 cm³/mol. The van der Waals surface area contributed by atoms with E-state index >= 15 is 0 Å². The highest BCUT2D eigenvalue weighted by atomic mass is 16.6. The molecule has 0 amide bonds. The standard InChI is InChI=1S/C14H20N2O4/c1-9-5-6-15(8-14(9)18)12-4-3-11(10(2)17)7-13(12)16(19)20/h3-4,7,9-10,14,17-18H,5-6,8H2,1-2H3. The summed E-state index contributed by atoms with van der Waals surface area (Å²) >= 11 is 0. The second-order valence-corrected chi connectivity index (χ2v) is 5.46. The van der Waals surface area contributed by atoms with Crippen LogP contribution < -0.4 is 4.90 Å². The van der Waals surface area contributed by atoms with Crippen LogP contribution in [0.5, 0.6) is 0 Å². The number of nitro groups is 1. The Morgan fingerprint density at radius 1 is 1.50 bits per heavy atom. The molecule has 0 radical (unpaired) electrons. The molecule has 1 saturated heterocycles. The second kappa shape index (κ2) is 5.76. The van der Waals surface area contributed by atoms with E-state index in [0.717, 1.165) is 6.42 Å². The first-order valence-electron chi connectivity index (χ1n) is 6.79. The van der Waals surface area contributed by atoms with Crippen molar-refractivity contribution in [3.05, 3.63) is 33.9 Å². The van der Waals surface area contributed by atoms with Crippen molar-refractivity contribution in [2.24, 2.45) is 5.92 Å². The monoisotopic (exact) mass is 280 g/mol. The second-order valence-electron chi connectivity index (χ2n) is 5.46. The van der Waals surface area contributed by atoms with Crippen LogP contribution in [-0.2, 0) is 0 Å². The average Bonchev–Trinajstić information content (AvgIpc) is 2.41. The maximum Gasteiger partial charge on any atom is 0.292 e. The molecule has 110 valence electrons. The van der Waals surface area contributed by atoms with Gasteiger partial charge >= 0.3 is 0 Å². The zero-order valence-electron chi connectivity index (χ0n) is 11.7. The molecular formula is C14H20N2O4. The number of aliphatic hydroxyl groups is 2. The molecule has 0 spiro atoms. The fourth-order valence-electron chi connectivity index (χ4n) is 2.48. The molecule has 3 atom stereocenters. The number of benzene rings is 1. The molecule has 6 nitrogen and oxygen atoms in total. The molecule has 0 aliphatic carbocycles. The topological polar surface area (TPSA) is 86.8 Å². The third-order valence-corrected chi connectivity index (χ3v) is 3.94. The summed E-state index contributed by atoms with van der Waals surface area (Å²) in [5.41, 5.74) is 1.00. The zero-order valence-corrected chi connectivity index (χ0v) is 11.7. The van der Waals surface area contributed by atoms with E-state index in [1.54, 1.807) is 19.1 Å². The quantitative estimate of drug-likeness (QED) is 0.652. The maximum atomic E-state index is 11.2. The van der Waals surface area contributed by atoms with Gasteiger partial charge in [-0.05, 0) is 30.9 Å². The molecule has 20 heavy (non-hydrogen) atoms. The number of nitrogens with zero attached hydrogens (tertiary/aromatic N) is 2. The van der Waals surface area contributed by atoms with Gasteiger partial charge in [-0.15, -0.1) is 0 Å². The van der Waals surface area contributed by atoms with Gasteiger partial charge in [0.1, 0.15) is 5.69 Å². The molecule has 0 bridgehead atoms. The van der Waals surface area contributed by atoms with E-state index in [9.17, 15) is 20.3 Å². The van der Waals surface area contributed by atoms with Crippen molar-refractivity contribution in [2.45, 2.75) is 32.5 Å². The van der Waals surface area contributed by atoms with Crippen LogP contribution in [0.2, 0.25) is 0 Å². The van der Waals surface area contributed by atoms with Gasteiger partial charge in [-0.3, -0.25) is 10.1 Å². The van der Waals surface area contributed by atoms with E-state index in [1.165, 1.54) is 6.07 Å². The van der Waals surface area contributed by atoms with Crippen LogP contribution in [0.1, 0.15) is 31.9 Å². The van der Waals surface area contributed by atoms with E-state index in [-0.39, 0.29) is 11.6 Å². The minimum absolute atomic E-state index is 0.0230. The van der Waals surface area contributed by atoms with Crippen molar-refractivity contribution >= 4 is 11.4 Å². The van der Waals surface area contributed by atoms with Crippen LogP contribution in [0.3, 0.4) is 0 Å². The molecule has 1 aliphatic rings. The Hall–Kier alpha value is -1.66. The maximum absolute atomic E-state index is 11.2. The Bertz CT molecular complexity index is 504. The van der Waals surface area contributed by atoms with Gasteiger partial charge in [0.25, 0.3) is 5.69 Å². The lowest BCUT2D eigenvalue weighted by Gasteiger charge is -2.35. The van der Waals surface area contributed by atoms with Crippen LogP contribution >= 0.6 is 0 Å². The first kappa shape index (κ1) is 14.7. The van der Waals surface area contributed by atoms with E-state index in [2.05, 4.69) is 0 Å². The van der Waals surface area contributed by atoms with Gasteiger partial charge in [0.2, 0.25) is 0 Å². The highest BCUT2D eigenvalue weighted by Gasteiger charge is 2.28. The van der Waals surface area contributed by atoms with Crippen LogP contribution in [0.4, 0.5) is 11.4 Å². The van der Waals surface area contributed by atoms with Crippen molar-refractivity contribution in [3.8, 4) is 0 Å². The lowest BCUT2D eigenvalue weighted by molar-refractivity contribution is -0.384. The smallest absolute Gasteiger partial charge is 0.292 e. The molecular weight excluding hydrogens is 260 g/mol. The fraction of sp³-hybridized carbons (Fsp3) is 0.571. The number of rotatable bonds is 3. The molecule has 1 heterocycles. The highest BCUT2D eigenvalue weighted by molar-refractivity contribution is 5.64. The minimum Gasteiger partial charge on any atom is -0.391 e. The Morgan fingerprint density at radius 2 is 2.20 bits per heavy atom. The van der Waals surface area contributed by atoms with Crippen molar-refractivity contribution in [1.29, 1.82) is 0 Å². The molecule has 2 rings (SSSR count). The SMILES string of the molecule is CC(O)c1ccc(N2CCC(C)C(O)C2)c([N+](=O)[O-])c1. The van der Waals surface area contributed by atoms with Crippen molar-refractivity contribution in [1.82, 2.24) is 0 Å². The van der Waals surface area contributed by atoms with E-state index in [0.29, 0.717) is 24.3 Å². The van der Waals surface area contributed by atoms with Crippen LogP contribution in [0.25, 0.3) is 0 Å². The molecule has 1 aliphatic heterocycles. The minimum atomic E-state index is -0.741. The van der Waals surface area contributed by atoms with Gasteiger partial charge in [-0.2, -0.15) is 0 Å². The number of aliphatic hydroxyl groups excluding tert-OH is 2. The number of hydrogen-bond acceptors (Lipinski definition) is 5. The van der Waals surface area contributed by atoms with E-state index in [4.69, 9.17) is 0 Å². The zero-order chi connectivity index (χ0) is 14.9. The van der Waals surface area contributed by atoms with Crippen molar-refractivity contribution in [2.75, 3.05) is 18.0 Å². The average molecular weight is 280 g/mol. The normalized spacial score (nSPS) is 24.5. The number of β-amino-alcohol motifs (C(OH)–C–C–N with tert-alkyl or cyclic N) is 1. The van der Waals surface area contributed by atoms with Gasteiger partial charge in [-0.1, -0.05) is 13.0 Å². The highest BCUT2D eigenvalue weighted by Crippen LogP contribution is 2.33. The Kier molecular flexibility index (Phi) is 4.25. The molecule has 1 aromatic rings. The van der Waals surface area contributed by atoms with Gasteiger partial charge in [0.15, 0.2) is 0 Å². The Labute approximate surface area is 117 Å². The number of hydrogen-bond donors (Lipinski definition) is 2. The summed E-state index contributed by atoms with van der Waals surface area (Å²) in [4.78, 5) is 12.6. The number of piperidine rings is 1. The number of nitro benzene ring substituents is 1. The van der Waals surface area contributed by atoms with Crippen LogP contribution in [-0.4, -0.2) is 34.3 Å². The Morgan fingerprint density at radius 3 is 2.75 bits per heavy atom. The summed E-state index contributed by atoms with van der Waals surface area (Å²) in [6.07, 6.45) is -0.411. The molecule has 3 unspecified atom stereocenters. The third-order valence-electron chi connectivity index (χ3n) is 3.94. The van der Waals surface area contributed by atoms with Gasteiger partial charge < -0.3 is 15.1 Å². The Balaban J connectivity index is 2.33. The lowest BCUT2D eigenvalue weighted by atomic mass is 9.95. The van der Waals surface area contributed by atoms with Crippen molar-refractivity contribution in [3.63, 3.8) is 0 Å². The first-order chi connectivity index (χ1) is 9.40. The van der Waals surface area contributed by atoms with Gasteiger partial charge in [-0.25, -0.2) is 0 Å². The molecule has 1 fully saturated rings. The number of anilines is 1. The summed E-state index contributed by atoms with van der Waals surface area (Å²) in [6.45, 7) is 4.64. The van der Waals surface area contributed by atoms with Crippen molar-refractivity contribution < 1.29 is 15.1 Å². The first-order valence-corrected chi connectivity index (χ1v) is 6.79. The lowest BCUT2D eigenvalue weighted by Crippen LogP contribution is -2.43. The summed E-state index contributed by atoms with van der Waals surface area (Å²) in [7, 11) is 0. The fourth-order valence-corrected chi connectivity index (χ4v) is 2.48. The summed E-state index contributed by atoms with van der Waals surface area (Å²) in [5.74, 6) is 0.210. The van der Waals surface area contributed by atoms with Crippen LogP contribution in [0, 0.1) is 16.0 Å². The largest absolute Gasteiger partial charge is 0.391 e. The summed E-state index contributed by atoms with van der Waals surface area (Å²) in [5, 5.41) is 30.7. The molecule has 1 aromatic carbocycles. The predicted octanol–water partition coefficient (Wildman–Crippen LogP) is 1.86. The molecule has 6 heteroatoms. The molecule has 0 aromatic heterocycles. The third kappa shape index (κ3) is 2.91. The summed E-state index contributed by atoms with van der Waals surface area (Å²) < 4.78 is 0. The summed E-state index contributed by atoms with van der Waals surface area (Å²) in [6, 6.07) is 4.75. The van der Waals surface area contributed by atoms with Gasteiger partial charge in [0, 0.05) is 19.2 Å². The molecule has 2 N–H and O–H groups in total.